The van der Waals surface area contributed by atoms with Gasteiger partial charge in [-0.1, -0.05) is 12.1 Å². The monoisotopic (exact) mass is 438 g/mol. The molecule has 0 aromatic heterocycles. The molecule has 7 nitrogen and oxygen atoms in total. The fourth-order valence-corrected chi connectivity index (χ4v) is 4.57. The number of rotatable bonds is 11. The Hall–Kier alpha value is -1.91. The number of hydrogen-bond donors (Lipinski definition) is 1. The van der Waals surface area contributed by atoms with E-state index in [2.05, 4.69) is 5.32 Å². The summed E-state index contributed by atoms with van der Waals surface area (Å²) in [5.41, 5.74) is 1.09. The van der Waals surface area contributed by atoms with Crippen LogP contribution in [-0.2, 0) is 19.5 Å². The van der Waals surface area contributed by atoms with Gasteiger partial charge in [0.25, 0.3) is 5.91 Å². The van der Waals surface area contributed by atoms with E-state index in [1.165, 1.54) is 54.6 Å². The molecule has 0 saturated carbocycles. The average molecular weight is 439 g/mol. The Kier molecular flexibility index (Phi) is 9.12. The van der Waals surface area contributed by atoms with Gasteiger partial charge in [-0.05, 0) is 42.7 Å². The standard InChI is InChI=1S/C20H26N2O5S2/c1-26-14-12-22(13-15-27-2)29(24,25)17-10-8-16(9-11-17)20(23)21-18-6-4-5-7-19(18)28-3/h4-11H,12-15H2,1-3H3,(H,21,23). The molecule has 0 bridgehead atoms. The summed E-state index contributed by atoms with van der Waals surface area (Å²) in [5.74, 6) is -0.300. The van der Waals surface area contributed by atoms with Gasteiger partial charge in [0.2, 0.25) is 10.0 Å². The van der Waals surface area contributed by atoms with Crippen molar-refractivity contribution in [2.45, 2.75) is 9.79 Å². The maximum atomic E-state index is 12.9. The Morgan fingerprint density at radius 1 is 1.00 bits per heavy atom. The summed E-state index contributed by atoms with van der Waals surface area (Å²) in [5, 5.41) is 2.86. The minimum absolute atomic E-state index is 0.116. The number of thioether (sulfide) groups is 1. The molecule has 29 heavy (non-hydrogen) atoms. The first-order valence-electron chi connectivity index (χ1n) is 8.96. The summed E-state index contributed by atoms with van der Waals surface area (Å²) in [6, 6.07) is 13.4. The lowest BCUT2D eigenvalue weighted by molar-refractivity contribution is 0.102. The first kappa shape index (κ1) is 23.4. The second kappa shape index (κ2) is 11.3. The minimum Gasteiger partial charge on any atom is -0.383 e. The second-order valence-electron chi connectivity index (χ2n) is 6.07. The quantitative estimate of drug-likeness (QED) is 0.543. The number of anilines is 1. The van der Waals surface area contributed by atoms with Crippen molar-refractivity contribution in [2.24, 2.45) is 0 Å². The van der Waals surface area contributed by atoms with Gasteiger partial charge < -0.3 is 14.8 Å². The molecule has 0 atom stereocenters. The highest BCUT2D eigenvalue weighted by molar-refractivity contribution is 7.98. The third-order valence-electron chi connectivity index (χ3n) is 4.20. The van der Waals surface area contributed by atoms with Crippen LogP contribution in [0, 0.1) is 0 Å². The van der Waals surface area contributed by atoms with Gasteiger partial charge in [0.15, 0.2) is 0 Å². The number of carbonyl (C=O) groups is 1. The van der Waals surface area contributed by atoms with E-state index < -0.39 is 10.0 Å². The minimum atomic E-state index is -3.72. The molecule has 0 fully saturated rings. The van der Waals surface area contributed by atoms with E-state index in [-0.39, 0.29) is 37.1 Å². The molecule has 0 aliphatic heterocycles. The van der Waals surface area contributed by atoms with E-state index in [0.29, 0.717) is 11.3 Å². The number of nitrogens with one attached hydrogen (secondary N) is 1. The van der Waals surface area contributed by atoms with Crippen molar-refractivity contribution in [1.82, 2.24) is 4.31 Å². The number of sulfonamides is 1. The molecule has 0 spiro atoms. The Labute approximate surface area is 176 Å². The maximum Gasteiger partial charge on any atom is 0.255 e. The summed E-state index contributed by atoms with van der Waals surface area (Å²) in [6.07, 6.45) is 1.93. The summed E-state index contributed by atoms with van der Waals surface area (Å²) in [4.78, 5) is 13.6. The molecule has 0 heterocycles. The van der Waals surface area contributed by atoms with Crippen LogP contribution in [0.1, 0.15) is 10.4 Å². The predicted octanol–water partition coefficient (Wildman–Crippen LogP) is 2.94. The lowest BCUT2D eigenvalue weighted by Gasteiger charge is -2.21. The van der Waals surface area contributed by atoms with Crippen molar-refractivity contribution in [3.63, 3.8) is 0 Å². The van der Waals surface area contributed by atoms with Crippen molar-refractivity contribution in [3.8, 4) is 0 Å². The smallest absolute Gasteiger partial charge is 0.255 e. The molecular weight excluding hydrogens is 412 g/mol. The van der Waals surface area contributed by atoms with Crippen molar-refractivity contribution >= 4 is 33.4 Å². The van der Waals surface area contributed by atoms with Crippen LogP contribution in [0.25, 0.3) is 0 Å². The molecule has 2 aromatic rings. The second-order valence-corrected chi connectivity index (χ2v) is 8.85. The normalized spacial score (nSPS) is 11.6. The van der Waals surface area contributed by atoms with Crippen LogP contribution in [0.4, 0.5) is 5.69 Å². The Bertz CT molecular complexity index is 893. The summed E-state index contributed by atoms with van der Waals surface area (Å²) >= 11 is 1.53. The van der Waals surface area contributed by atoms with E-state index in [9.17, 15) is 13.2 Å². The third-order valence-corrected chi connectivity index (χ3v) is 6.91. The molecule has 158 valence electrons. The molecular formula is C20H26N2O5S2. The first-order chi connectivity index (χ1) is 13.9. The van der Waals surface area contributed by atoms with Gasteiger partial charge in [-0.25, -0.2) is 8.42 Å². The predicted molar refractivity (Wildman–Crippen MR) is 115 cm³/mol. The number of carbonyl (C=O) groups excluding carboxylic acids is 1. The van der Waals surface area contributed by atoms with Crippen LogP contribution in [0.5, 0.6) is 0 Å². The lowest BCUT2D eigenvalue weighted by Crippen LogP contribution is -2.36. The molecule has 2 aromatic carbocycles. The van der Waals surface area contributed by atoms with Crippen LogP contribution < -0.4 is 5.32 Å². The van der Waals surface area contributed by atoms with Crippen LogP contribution in [0.15, 0.2) is 58.3 Å². The van der Waals surface area contributed by atoms with E-state index in [0.717, 1.165) is 4.90 Å². The fraction of sp³-hybridized carbons (Fsp3) is 0.350. The van der Waals surface area contributed by atoms with E-state index in [4.69, 9.17) is 9.47 Å². The SMILES string of the molecule is COCCN(CCOC)S(=O)(=O)c1ccc(C(=O)Nc2ccccc2SC)cc1. The summed E-state index contributed by atoms with van der Waals surface area (Å²) in [7, 11) is -0.684. The van der Waals surface area contributed by atoms with Gasteiger partial charge in [-0.3, -0.25) is 4.79 Å². The van der Waals surface area contributed by atoms with Gasteiger partial charge in [-0.2, -0.15) is 4.31 Å². The Balaban J connectivity index is 2.17. The summed E-state index contributed by atoms with van der Waals surface area (Å²) in [6.45, 7) is 0.988. The van der Waals surface area contributed by atoms with Gasteiger partial charge in [0.1, 0.15) is 0 Å². The van der Waals surface area contributed by atoms with E-state index in [1.54, 1.807) is 0 Å². The Morgan fingerprint density at radius 3 is 2.14 bits per heavy atom. The fourth-order valence-electron chi connectivity index (χ4n) is 2.61. The Morgan fingerprint density at radius 2 is 1.59 bits per heavy atom. The third kappa shape index (κ3) is 6.28. The number of benzene rings is 2. The molecule has 0 unspecified atom stereocenters. The first-order valence-corrected chi connectivity index (χ1v) is 11.6. The van der Waals surface area contributed by atoms with Gasteiger partial charge in [0.05, 0.1) is 23.8 Å². The van der Waals surface area contributed by atoms with Crippen LogP contribution >= 0.6 is 11.8 Å². The average Bonchev–Trinajstić information content (AvgIpc) is 2.74. The van der Waals surface area contributed by atoms with Crippen molar-refractivity contribution in [1.29, 1.82) is 0 Å². The lowest BCUT2D eigenvalue weighted by atomic mass is 10.2. The number of ether oxygens (including phenoxy) is 2. The zero-order valence-corrected chi connectivity index (χ0v) is 18.4. The molecule has 0 aliphatic carbocycles. The van der Waals surface area contributed by atoms with Gasteiger partial charge in [0, 0.05) is 37.8 Å². The molecule has 1 N–H and O–H groups in total. The van der Waals surface area contributed by atoms with E-state index in [1.807, 2.05) is 30.5 Å². The zero-order valence-electron chi connectivity index (χ0n) is 16.8. The molecule has 0 aliphatic rings. The maximum absolute atomic E-state index is 12.9. The molecule has 0 saturated heterocycles. The van der Waals surface area contributed by atoms with Crippen LogP contribution in [0.2, 0.25) is 0 Å². The highest BCUT2D eigenvalue weighted by atomic mass is 32.2. The number of nitrogens with zero attached hydrogens (tertiary/aromatic N) is 1. The van der Waals surface area contributed by atoms with Crippen molar-refractivity contribution in [2.75, 3.05) is 52.1 Å². The topological polar surface area (TPSA) is 84.9 Å². The highest BCUT2D eigenvalue weighted by Crippen LogP contribution is 2.25. The molecule has 0 radical (unpaired) electrons. The van der Waals surface area contributed by atoms with Crippen molar-refractivity contribution in [3.05, 3.63) is 54.1 Å². The number of para-hydroxylation sites is 1. The van der Waals surface area contributed by atoms with Gasteiger partial charge in [-0.15, -0.1) is 11.8 Å². The number of hydrogen-bond acceptors (Lipinski definition) is 6. The van der Waals surface area contributed by atoms with Crippen LogP contribution in [-0.4, -0.2) is 65.4 Å². The highest BCUT2D eigenvalue weighted by Gasteiger charge is 2.24. The summed E-state index contributed by atoms with van der Waals surface area (Å²) < 4.78 is 37.1. The largest absolute Gasteiger partial charge is 0.383 e. The van der Waals surface area contributed by atoms with E-state index >= 15 is 0 Å². The molecule has 9 heteroatoms. The van der Waals surface area contributed by atoms with Crippen molar-refractivity contribution < 1.29 is 22.7 Å². The number of amides is 1. The molecule has 1 amide bonds. The zero-order chi connectivity index (χ0) is 21.3. The number of methoxy groups -OCH3 is 2. The molecule has 2 rings (SSSR count). The van der Waals surface area contributed by atoms with Crippen LogP contribution in [0.3, 0.4) is 0 Å². The van der Waals surface area contributed by atoms with Gasteiger partial charge >= 0.3 is 0 Å².